The van der Waals surface area contributed by atoms with E-state index in [2.05, 4.69) is 21.9 Å². The Balaban J connectivity index is 2.22. The highest BCUT2D eigenvalue weighted by Crippen LogP contribution is 2.26. The third-order valence-electron chi connectivity index (χ3n) is 2.75. The molecular formula is C12H17N3OS. The van der Waals surface area contributed by atoms with Crippen LogP contribution in [0.3, 0.4) is 0 Å². The average molecular weight is 251 g/mol. The number of methoxy groups -OCH3 is 1. The van der Waals surface area contributed by atoms with Crippen LogP contribution in [0.1, 0.15) is 24.2 Å². The summed E-state index contributed by atoms with van der Waals surface area (Å²) in [5.74, 6) is 0.773. The summed E-state index contributed by atoms with van der Waals surface area (Å²) in [4.78, 5) is 0. The molecule has 0 bridgehead atoms. The van der Waals surface area contributed by atoms with Crippen LogP contribution in [0.2, 0.25) is 0 Å². The first-order valence-electron chi connectivity index (χ1n) is 5.62. The third kappa shape index (κ3) is 2.50. The summed E-state index contributed by atoms with van der Waals surface area (Å²) < 4.78 is 7.21. The molecule has 0 aliphatic rings. The highest BCUT2D eigenvalue weighted by molar-refractivity contribution is 7.07. The molecule has 0 radical (unpaired) electrons. The molecule has 2 heterocycles. The molecule has 2 aromatic rings. The van der Waals surface area contributed by atoms with Crippen molar-refractivity contribution in [3.8, 4) is 5.75 Å². The fourth-order valence-corrected chi connectivity index (χ4v) is 2.60. The van der Waals surface area contributed by atoms with E-state index < -0.39 is 0 Å². The second-order valence-corrected chi connectivity index (χ2v) is 4.64. The Morgan fingerprint density at radius 1 is 1.59 bits per heavy atom. The maximum atomic E-state index is 6.25. The maximum Gasteiger partial charge on any atom is 0.161 e. The molecule has 0 spiro atoms. The minimum Gasteiger partial charge on any atom is -0.493 e. The van der Waals surface area contributed by atoms with Crippen molar-refractivity contribution >= 4 is 11.3 Å². The van der Waals surface area contributed by atoms with Gasteiger partial charge in [0.15, 0.2) is 5.75 Å². The zero-order valence-corrected chi connectivity index (χ0v) is 10.9. The average Bonchev–Trinajstić information content (AvgIpc) is 2.95. The molecule has 2 rings (SSSR count). The largest absolute Gasteiger partial charge is 0.493 e. The lowest BCUT2D eigenvalue weighted by atomic mass is 10.1. The van der Waals surface area contributed by atoms with Crippen LogP contribution in [0.4, 0.5) is 0 Å². The Morgan fingerprint density at radius 2 is 2.41 bits per heavy atom. The molecule has 0 amide bonds. The highest BCUT2D eigenvalue weighted by Gasteiger charge is 2.18. The van der Waals surface area contributed by atoms with Gasteiger partial charge in [-0.25, -0.2) is 0 Å². The summed E-state index contributed by atoms with van der Waals surface area (Å²) in [7, 11) is 1.65. The topological polar surface area (TPSA) is 53.1 Å². The molecule has 1 unspecified atom stereocenters. The zero-order chi connectivity index (χ0) is 12.3. The van der Waals surface area contributed by atoms with E-state index in [0.29, 0.717) is 0 Å². The smallest absolute Gasteiger partial charge is 0.161 e. The SMILES string of the molecule is CCn1ncc(OC)c1C(N)Cc1ccsc1. The van der Waals surface area contributed by atoms with E-state index in [1.807, 2.05) is 11.6 Å². The van der Waals surface area contributed by atoms with Gasteiger partial charge in [0.1, 0.15) is 0 Å². The molecule has 0 aliphatic heterocycles. The van der Waals surface area contributed by atoms with Crippen LogP contribution < -0.4 is 10.5 Å². The number of thiophene rings is 1. The summed E-state index contributed by atoms with van der Waals surface area (Å²) in [6.45, 7) is 2.85. The number of hydrogen-bond donors (Lipinski definition) is 1. The number of nitrogens with two attached hydrogens (primary N) is 1. The minimum absolute atomic E-state index is 0.0815. The van der Waals surface area contributed by atoms with Gasteiger partial charge in [0.25, 0.3) is 0 Å². The van der Waals surface area contributed by atoms with Gasteiger partial charge < -0.3 is 10.5 Å². The lowest BCUT2D eigenvalue weighted by Gasteiger charge is -2.14. The number of rotatable bonds is 5. The molecule has 2 N–H and O–H groups in total. The molecule has 1 atom stereocenters. The van der Waals surface area contributed by atoms with E-state index in [-0.39, 0.29) is 6.04 Å². The molecular weight excluding hydrogens is 234 g/mol. The molecule has 4 nitrogen and oxygen atoms in total. The van der Waals surface area contributed by atoms with Gasteiger partial charge in [0.2, 0.25) is 0 Å². The van der Waals surface area contributed by atoms with Gasteiger partial charge in [-0.05, 0) is 35.7 Å². The van der Waals surface area contributed by atoms with Gasteiger partial charge >= 0.3 is 0 Å². The van der Waals surface area contributed by atoms with E-state index in [9.17, 15) is 0 Å². The first kappa shape index (κ1) is 12.1. The van der Waals surface area contributed by atoms with Crippen molar-refractivity contribution in [2.75, 3.05) is 7.11 Å². The van der Waals surface area contributed by atoms with Crippen LogP contribution in [-0.4, -0.2) is 16.9 Å². The van der Waals surface area contributed by atoms with E-state index in [1.54, 1.807) is 24.6 Å². The van der Waals surface area contributed by atoms with Crippen molar-refractivity contribution in [3.05, 3.63) is 34.3 Å². The molecule has 0 aliphatic carbocycles. The molecule has 0 fully saturated rings. The molecule has 0 saturated heterocycles. The number of hydrogen-bond acceptors (Lipinski definition) is 4. The van der Waals surface area contributed by atoms with Gasteiger partial charge in [-0.3, -0.25) is 4.68 Å². The number of ether oxygens (including phenoxy) is 1. The molecule has 92 valence electrons. The monoisotopic (exact) mass is 251 g/mol. The van der Waals surface area contributed by atoms with Gasteiger partial charge in [-0.1, -0.05) is 0 Å². The van der Waals surface area contributed by atoms with Crippen molar-refractivity contribution in [1.82, 2.24) is 9.78 Å². The van der Waals surface area contributed by atoms with Crippen molar-refractivity contribution in [2.24, 2.45) is 5.73 Å². The fraction of sp³-hybridized carbons (Fsp3) is 0.417. The van der Waals surface area contributed by atoms with Gasteiger partial charge in [0, 0.05) is 6.54 Å². The van der Waals surface area contributed by atoms with Crippen molar-refractivity contribution in [3.63, 3.8) is 0 Å². The number of aromatic nitrogens is 2. The van der Waals surface area contributed by atoms with Crippen LogP contribution in [-0.2, 0) is 13.0 Å². The Morgan fingerprint density at radius 3 is 3.00 bits per heavy atom. The van der Waals surface area contributed by atoms with Gasteiger partial charge in [-0.15, -0.1) is 0 Å². The molecule has 2 aromatic heterocycles. The van der Waals surface area contributed by atoms with Gasteiger partial charge in [-0.2, -0.15) is 16.4 Å². The second kappa shape index (κ2) is 5.33. The lowest BCUT2D eigenvalue weighted by Crippen LogP contribution is -2.18. The summed E-state index contributed by atoms with van der Waals surface area (Å²) in [6, 6.07) is 2.02. The van der Waals surface area contributed by atoms with Crippen molar-refractivity contribution in [2.45, 2.75) is 25.9 Å². The number of aryl methyl sites for hydroxylation is 1. The van der Waals surface area contributed by atoms with Crippen LogP contribution in [0.25, 0.3) is 0 Å². The fourth-order valence-electron chi connectivity index (χ4n) is 1.92. The maximum absolute atomic E-state index is 6.25. The summed E-state index contributed by atoms with van der Waals surface area (Å²) in [5, 5.41) is 8.46. The molecule has 0 saturated carbocycles. The zero-order valence-electron chi connectivity index (χ0n) is 10.1. The van der Waals surface area contributed by atoms with Crippen molar-refractivity contribution in [1.29, 1.82) is 0 Å². The van der Waals surface area contributed by atoms with Crippen LogP contribution >= 0.6 is 11.3 Å². The number of nitrogens with zero attached hydrogens (tertiary/aromatic N) is 2. The quantitative estimate of drug-likeness (QED) is 0.886. The van der Waals surface area contributed by atoms with Crippen LogP contribution in [0.15, 0.2) is 23.0 Å². The summed E-state index contributed by atoms with van der Waals surface area (Å²) in [5.41, 5.74) is 8.48. The van der Waals surface area contributed by atoms with Gasteiger partial charge in [0.05, 0.1) is 25.0 Å². The summed E-state index contributed by atoms with van der Waals surface area (Å²) >= 11 is 1.69. The van der Waals surface area contributed by atoms with Crippen LogP contribution in [0, 0.1) is 0 Å². The van der Waals surface area contributed by atoms with E-state index in [4.69, 9.17) is 10.5 Å². The standard InChI is InChI=1S/C12H17N3OS/c1-3-15-12(11(16-2)7-14-15)10(13)6-9-4-5-17-8-9/h4-5,7-8,10H,3,6,13H2,1-2H3. The van der Waals surface area contributed by atoms with E-state index >= 15 is 0 Å². The van der Waals surface area contributed by atoms with E-state index in [0.717, 1.165) is 24.4 Å². The second-order valence-electron chi connectivity index (χ2n) is 3.86. The molecule has 5 heteroatoms. The Bertz CT molecular complexity index is 443. The summed E-state index contributed by atoms with van der Waals surface area (Å²) in [6.07, 6.45) is 2.54. The minimum atomic E-state index is -0.0815. The predicted molar refractivity (Wildman–Crippen MR) is 69.4 cm³/mol. The molecule has 17 heavy (non-hydrogen) atoms. The molecule has 0 aromatic carbocycles. The Labute approximate surface area is 105 Å². The highest BCUT2D eigenvalue weighted by atomic mass is 32.1. The van der Waals surface area contributed by atoms with Crippen LogP contribution in [0.5, 0.6) is 5.75 Å². The first-order valence-corrected chi connectivity index (χ1v) is 6.56. The Hall–Kier alpha value is -1.33. The third-order valence-corrected chi connectivity index (χ3v) is 3.48. The lowest BCUT2D eigenvalue weighted by molar-refractivity contribution is 0.401. The normalized spacial score (nSPS) is 12.6. The van der Waals surface area contributed by atoms with Crippen molar-refractivity contribution < 1.29 is 4.74 Å². The van der Waals surface area contributed by atoms with E-state index in [1.165, 1.54) is 5.56 Å². The first-order chi connectivity index (χ1) is 8.26. The predicted octanol–water partition coefficient (Wildman–Crippen LogP) is 2.22. The Kier molecular flexibility index (Phi) is 3.81.